The van der Waals surface area contributed by atoms with Crippen LogP contribution >= 0.6 is 15.9 Å². The predicted molar refractivity (Wildman–Crippen MR) is 87.8 cm³/mol. The van der Waals surface area contributed by atoms with Crippen LogP contribution in [0.1, 0.15) is 42.3 Å². The number of halogens is 1. The van der Waals surface area contributed by atoms with Crippen LogP contribution in [-0.2, 0) is 13.0 Å². The Morgan fingerprint density at radius 2 is 2.14 bits per heavy atom. The van der Waals surface area contributed by atoms with E-state index in [9.17, 15) is 0 Å². The summed E-state index contributed by atoms with van der Waals surface area (Å²) < 4.78 is 3.00. The molecule has 1 aliphatic rings. The molecule has 1 N–H and O–H groups in total. The van der Waals surface area contributed by atoms with Crippen LogP contribution in [0.15, 0.2) is 16.7 Å². The number of hydrogen-bond donors (Lipinski definition) is 1. The van der Waals surface area contributed by atoms with E-state index in [4.69, 9.17) is 5.10 Å². The van der Waals surface area contributed by atoms with Gasteiger partial charge in [-0.25, -0.2) is 9.67 Å². The van der Waals surface area contributed by atoms with Gasteiger partial charge in [-0.15, -0.1) is 0 Å². The standard InChI is InChI=1S/C16H21BrN4/c1-4-15-10(2)20-21(11(15)3)16-12(7-13(17)9-19-16)8-18-14-5-6-14/h7,9,14,18H,4-6,8H2,1-3H3. The minimum Gasteiger partial charge on any atom is -0.310 e. The molecule has 0 saturated heterocycles. The summed E-state index contributed by atoms with van der Waals surface area (Å²) in [6.07, 6.45) is 5.43. The molecule has 0 radical (unpaired) electrons. The first-order valence-corrected chi connectivity index (χ1v) is 8.32. The van der Waals surface area contributed by atoms with Crippen molar-refractivity contribution in [3.8, 4) is 5.82 Å². The number of nitrogens with zero attached hydrogens (tertiary/aromatic N) is 3. The zero-order valence-corrected chi connectivity index (χ0v) is 14.4. The average Bonchev–Trinajstić information content (AvgIpc) is 3.23. The van der Waals surface area contributed by atoms with E-state index in [1.165, 1.54) is 29.7 Å². The van der Waals surface area contributed by atoms with Crippen LogP contribution < -0.4 is 5.32 Å². The van der Waals surface area contributed by atoms with E-state index in [2.05, 4.69) is 53.1 Å². The summed E-state index contributed by atoms with van der Waals surface area (Å²) in [5, 5.41) is 8.26. The third-order valence-corrected chi connectivity index (χ3v) is 4.50. The van der Waals surface area contributed by atoms with E-state index in [0.29, 0.717) is 6.04 Å². The van der Waals surface area contributed by atoms with Crippen molar-refractivity contribution in [3.05, 3.63) is 39.3 Å². The molecule has 3 rings (SSSR count). The van der Waals surface area contributed by atoms with Crippen LogP contribution in [0.4, 0.5) is 0 Å². The lowest BCUT2D eigenvalue weighted by atomic mass is 10.1. The number of aromatic nitrogens is 3. The molecular weight excluding hydrogens is 328 g/mol. The largest absolute Gasteiger partial charge is 0.310 e. The highest BCUT2D eigenvalue weighted by Gasteiger charge is 2.21. The van der Waals surface area contributed by atoms with Gasteiger partial charge in [-0.05, 0) is 60.7 Å². The highest BCUT2D eigenvalue weighted by atomic mass is 79.9. The molecule has 0 aromatic carbocycles. The average molecular weight is 349 g/mol. The van der Waals surface area contributed by atoms with E-state index in [1.807, 2.05) is 10.9 Å². The molecule has 0 unspecified atom stereocenters. The molecule has 4 nitrogen and oxygen atoms in total. The highest BCUT2D eigenvalue weighted by Crippen LogP contribution is 2.24. The minimum absolute atomic E-state index is 0.684. The molecule has 0 aliphatic heterocycles. The summed E-state index contributed by atoms with van der Waals surface area (Å²) >= 11 is 3.52. The molecule has 5 heteroatoms. The monoisotopic (exact) mass is 348 g/mol. The maximum absolute atomic E-state index is 4.70. The number of nitrogens with one attached hydrogen (secondary N) is 1. The summed E-state index contributed by atoms with van der Waals surface area (Å²) in [6.45, 7) is 7.21. The maximum Gasteiger partial charge on any atom is 0.158 e. The van der Waals surface area contributed by atoms with Crippen LogP contribution in [0.5, 0.6) is 0 Å². The second kappa shape index (κ2) is 5.89. The Balaban J connectivity index is 2.00. The molecule has 21 heavy (non-hydrogen) atoms. The van der Waals surface area contributed by atoms with Gasteiger partial charge in [0.25, 0.3) is 0 Å². The Morgan fingerprint density at radius 3 is 2.76 bits per heavy atom. The van der Waals surface area contributed by atoms with Gasteiger partial charge in [-0.1, -0.05) is 6.92 Å². The van der Waals surface area contributed by atoms with Crippen LogP contribution in [-0.4, -0.2) is 20.8 Å². The van der Waals surface area contributed by atoms with Crippen molar-refractivity contribution in [2.24, 2.45) is 0 Å². The van der Waals surface area contributed by atoms with Crippen LogP contribution in [0.25, 0.3) is 5.82 Å². The summed E-state index contributed by atoms with van der Waals surface area (Å²) in [5.41, 5.74) is 4.80. The first-order chi connectivity index (χ1) is 10.1. The van der Waals surface area contributed by atoms with Gasteiger partial charge in [0.15, 0.2) is 5.82 Å². The summed E-state index contributed by atoms with van der Waals surface area (Å²) in [7, 11) is 0. The van der Waals surface area contributed by atoms with E-state index in [1.54, 1.807) is 0 Å². The van der Waals surface area contributed by atoms with Gasteiger partial charge < -0.3 is 5.32 Å². The number of hydrogen-bond acceptors (Lipinski definition) is 3. The van der Waals surface area contributed by atoms with Gasteiger partial charge in [-0.2, -0.15) is 5.10 Å². The number of rotatable bonds is 5. The minimum atomic E-state index is 0.684. The third-order valence-electron chi connectivity index (χ3n) is 4.06. The molecule has 2 aromatic heterocycles. The molecule has 0 bridgehead atoms. The lowest BCUT2D eigenvalue weighted by molar-refractivity contribution is 0.673. The zero-order chi connectivity index (χ0) is 15.0. The summed E-state index contributed by atoms with van der Waals surface area (Å²) in [4.78, 5) is 4.61. The van der Waals surface area contributed by atoms with Gasteiger partial charge >= 0.3 is 0 Å². The molecule has 0 spiro atoms. The van der Waals surface area contributed by atoms with Gasteiger partial charge in [0.05, 0.1) is 5.69 Å². The molecule has 0 amide bonds. The Labute approximate surface area is 134 Å². The van der Waals surface area contributed by atoms with E-state index >= 15 is 0 Å². The molecule has 1 aliphatic carbocycles. The van der Waals surface area contributed by atoms with E-state index in [0.717, 1.165) is 29.0 Å². The smallest absolute Gasteiger partial charge is 0.158 e. The Hall–Kier alpha value is -1.20. The van der Waals surface area contributed by atoms with Gasteiger partial charge in [0.2, 0.25) is 0 Å². The SMILES string of the molecule is CCc1c(C)nn(-c2ncc(Br)cc2CNC2CC2)c1C. The second-order valence-electron chi connectivity index (χ2n) is 5.71. The van der Waals surface area contributed by atoms with Crippen molar-refractivity contribution in [2.75, 3.05) is 0 Å². The predicted octanol–water partition coefficient (Wildman–Crippen LogP) is 3.46. The molecule has 112 valence electrons. The van der Waals surface area contributed by atoms with E-state index in [-0.39, 0.29) is 0 Å². The van der Waals surface area contributed by atoms with Crippen LogP contribution in [0.2, 0.25) is 0 Å². The Bertz CT molecular complexity index is 659. The Morgan fingerprint density at radius 1 is 1.38 bits per heavy atom. The lowest BCUT2D eigenvalue weighted by Gasteiger charge is -2.11. The number of pyridine rings is 1. The quantitative estimate of drug-likeness (QED) is 0.899. The number of aryl methyl sites for hydroxylation is 1. The topological polar surface area (TPSA) is 42.7 Å². The van der Waals surface area contributed by atoms with Crippen molar-refractivity contribution in [3.63, 3.8) is 0 Å². The maximum atomic E-state index is 4.70. The van der Waals surface area contributed by atoms with Gasteiger partial charge in [0, 0.05) is 34.5 Å². The molecule has 2 heterocycles. The molecular formula is C16H21BrN4. The fourth-order valence-corrected chi connectivity index (χ4v) is 3.11. The molecule has 1 fully saturated rings. The van der Waals surface area contributed by atoms with Crippen molar-refractivity contribution in [1.82, 2.24) is 20.1 Å². The molecule has 2 aromatic rings. The third kappa shape index (κ3) is 3.04. The van der Waals surface area contributed by atoms with Gasteiger partial charge in [0.1, 0.15) is 0 Å². The van der Waals surface area contributed by atoms with Crippen molar-refractivity contribution in [1.29, 1.82) is 0 Å². The molecule has 0 atom stereocenters. The summed E-state index contributed by atoms with van der Waals surface area (Å²) in [5.74, 6) is 0.937. The van der Waals surface area contributed by atoms with Crippen LogP contribution in [0.3, 0.4) is 0 Å². The fraction of sp³-hybridized carbons (Fsp3) is 0.500. The van der Waals surface area contributed by atoms with Crippen molar-refractivity contribution in [2.45, 2.75) is 52.6 Å². The van der Waals surface area contributed by atoms with Crippen LogP contribution in [0, 0.1) is 13.8 Å². The molecule has 1 saturated carbocycles. The second-order valence-corrected chi connectivity index (χ2v) is 6.62. The Kier molecular flexibility index (Phi) is 4.13. The zero-order valence-electron chi connectivity index (χ0n) is 12.8. The lowest BCUT2D eigenvalue weighted by Crippen LogP contribution is -2.18. The van der Waals surface area contributed by atoms with Crippen molar-refractivity contribution < 1.29 is 0 Å². The normalized spacial score (nSPS) is 14.7. The first-order valence-electron chi connectivity index (χ1n) is 7.53. The first kappa shape index (κ1) is 14.7. The summed E-state index contributed by atoms with van der Waals surface area (Å²) in [6, 6.07) is 2.82. The van der Waals surface area contributed by atoms with Crippen molar-refractivity contribution >= 4 is 15.9 Å². The fourth-order valence-electron chi connectivity index (χ4n) is 2.73. The van der Waals surface area contributed by atoms with E-state index < -0.39 is 0 Å². The van der Waals surface area contributed by atoms with Gasteiger partial charge in [-0.3, -0.25) is 0 Å². The highest BCUT2D eigenvalue weighted by molar-refractivity contribution is 9.10.